The van der Waals surface area contributed by atoms with Gasteiger partial charge in [0.15, 0.2) is 0 Å². The van der Waals surface area contributed by atoms with E-state index in [0.717, 1.165) is 16.8 Å². The fourth-order valence-corrected chi connectivity index (χ4v) is 2.91. The third kappa shape index (κ3) is 3.43. The van der Waals surface area contributed by atoms with Crippen LogP contribution in [0, 0.1) is 6.92 Å². The average molecular weight is 328 g/mol. The van der Waals surface area contributed by atoms with Crippen molar-refractivity contribution in [3.63, 3.8) is 0 Å². The van der Waals surface area contributed by atoms with Crippen molar-refractivity contribution in [3.8, 4) is 5.88 Å². The lowest BCUT2D eigenvalue weighted by Crippen LogP contribution is -2.04. The molecule has 18 heavy (non-hydrogen) atoms. The number of nitrogens with one attached hydrogen (secondary N) is 1. The SMILES string of the molecule is CCOc1cc(NCc2sccc2Br)nc(C)n1. The molecule has 2 aromatic heterocycles. The van der Waals surface area contributed by atoms with Crippen molar-refractivity contribution in [2.24, 2.45) is 0 Å². The van der Waals surface area contributed by atoms with Gasteiger partial charge in [-0.25, -0.2) is 4.98 Å². The molecule has 0 aliphatic rings. The molecule has 0 aliphatic heterocycles. The monoisotopic (exact) mass is 327 g/mol. The summed E-state index contributed by atoms with van der Waals surface area (Å²) >= 11 is 5.21. The molecule has 2 heterocycles. The summed E-state index contributed by atoms with van der Waals surface area (Å²) in [5.74, 6) is 2.10. The van der Waals surface area contributed by atoms with Gasteiger partial charge in [0.1, 0.15) is 11.6 Å². The second kappa shape index (κ2) is 6.15. The first kappa shape index (κ1) is 13.3. The van der Waals surface area contributed by atoms with E-state index >= 15 is 0 Å². The standard InChI is InChI=1S/C12H14BrN3OS/c1-3-17-12-6-11(15-8(2)16-12)14-7-10-9(13)4-5-18-10/h4-6H,3,7H2,1-2H3,(H,14,15,16). The fourth-order valence-electron chi connectivity index (χ4n) is 1.47. The molecule has 0 fully saturated rings. The van der Waals surface area contributed by atoms with E-state index in [2.05, 4.69) is 36.6 Å². The molecular weight excluding hydrogens is 314 g/mol. The molecule has 0 aromatic carbocycles. The van der Waals surface area contributed by atoms with Gasteiger partial charge in [0.05, 0.1) is 13.2 Å². The Labute approximate surface area is 119 Å². The zero-order valence-corrected chi connectivity index (χ0v) is 12.6. The first-order valence-electron chi connectivity index (χ1n) is 5.63. The van der Waals surface area contributed by atoms with E-state index in [1.165, 1.54) is 4.88 Å². The minimum Gasteiger partial charge on any atom is -0.478 e. The van der Waals surface area contributed by atoms with Crippen LogP contribution < -0.4 is 10.1 Å². The number of hydrogen-bond acceptors (Lipinski definition) is 5. The zero-order chi connectivity index (χ0) is 13.0. The van der Waals surface area contributed by atoms with Gasteiger partial charge >= 0.3 is 0 Å². The summed E-state index contributed by atoms with van der Waals surface area (Å²) in [6.45, 7) is 5.13. The quantitative estimate of drug-likeness (QED) is 0.911. The van der Waals surface area contributed by atoms with Crippen LogP contribution in [0.1, 0.15) is 17.6 Å². The Hall–Kier alpha value is -1.14. The van der Waals surface area contributed by atoms with E-state index in [1.54, 1.807) is 11.3 Å². The zero-order valence-electron chi connectivity index (χ0n) is 10.2. The molecule has 1 N–H and O–H groups in total. The van der Waals surface area contributed by atoms with Crippen LogP contribution in [0.5, 0.6) is 5.88 Å². The van der Waals surface area contributed by atoms with Crippen molar-refractivity contribution in [2.75, 3.05) is 11.9 Å². The number of aromatic nitrogens is 2. The van der Waals surface area contributed by atoms with Crippen molar-refractivity contribution >= 4 is 33.1 Å². The Bertz CT molecular complexity index is 530. The van der Waals surface area contributed by atoms with Crippen LogP contribution in [0.4, 0.5) is 5.82 Å². The highest BCUT2D eigenvalue weighted by Gasteiger charge is 2.04. The van der Waals surface area contributed by atoms with E-state index in [-0.39, 0.29) is 0 Å². The van der Waals surface area contributed by atoms with Gasteiger partial charge in [-0.2, -0.15) is 4.98 Å². The number of ether oxygens (including phenoxy) is 1. The minimum atomic E-state index is 0.604. The molecule has 0 radical (unpaired) electrons. The fraction of sp³-hybridized carbons (Fsp3) is 0.333. The van der Waals surface area contributed by atoms with E-state index in [1.807, 2.05) is 26.0 Å². The predicted molar refractivity (Wildman–Crippen MR) is 77.3 cm³/mol. The average Bonchev–Trinajstić information content (AvgIpc) is 2.72. The Kier molecular flexibility index (Phi) is 4.54. The topological polar surface area (TPSA) is 47.0 Å². The molecule has 2 aromatic rings. The van der Waals surface area contributed by atoms with Crippen molar-refractivity contribution in [3.05, 3.63) is 32.7 Å². The van der Waals surface area contributed by atoms with Gasteiger partial charge in [0.25, 0.3) is 0 Å². The smallest absolute Gasteiger partial charge is 0.218 e. The number of anilines is 1. The molecule has 4 nitrogen and oxygen atoms in total. The van der Waals surface area contributed by atoms with Gasteiger partial charge in [0, 0.05) is 15.4 Å². The van der Waals surface area contributed by atoms with Gasteiger partial charge in [-0.15, -0.1) is 11.3 Å². The van der Waals surface area contributed by atoms with Gasteiger partial charge in [0.2, 0.25) is 5.88 Å². The van der Waals surface area contributed by atoms with Gasteiger partial charge in [-0.05, 0) is 41.2 Å². The molecule has 96 valence electrons. The normalized spacial score (nSPS) is 10.4. The number of halogens is 1. The number of thiophene rings is 1. The van der Waals surface area contributed by atoms with E-state index in [9.17, 15) is 0 Å². The van der Waals surface area contributed by atoms with Crippen molar-refractivity contribution in [1.29, 1.82) is 0 Å². The molecule has 0 saturated carbocycles. The highest BCUT2D eigenvalue weighted by molar-refractivity contribution is 9.10. The lowest BCUT2D eigenvalue weighted by atomic mass is 10.4. The van der Waals surface area contributed by atoms with Crippen LogP contribution in [0.15, 0.2) is 22.0 Å². The lowest BCUT2D eigenvalue weighted by molar-refractivity contribution is 0.325. The molecule has 0 amide bonds. The summed E-state index contributed by atoms with van der Waals surface area (Å²) in [5.41, 5.74) is 0. The number of aryl methyl sites for hydroxylation is 1. The summed E-state index contributed by atoms with van der Waals surface area (Å²) < 4.78 is 6.51. The van der Waals surface area contributed by atoms with Crippen LogP contribution in [-0.4, -0.2) is 16.6 Å². The molecular formula is C12H14BrN3OS. The molecule has 2 rings (SSSR count). The Morgan fingerprint density at radius 1 is 1.44 bits per heavy atom. The van der Waals surface area contributed by atoms with Gasteiger partial charge in [-0.3, -0.25) is 0 Å². The first-order valence-corrected chi connectivity index (χ1v) is 7.30. The molecule has 0 saturated heterocycles. The summed E-state index contributed by atoms with van der Waals surface area (Å²) in [6, 6.07) is 3.86. The summed E-state index contributed by atoms with van der Waals surface area (Å²) in [5, 5.41) is 5.33. The van der Waals surface area contributed by atoms with Crippen molar-refractivity contribution < 1.29 is 4.74 Å². The highest BCUT2D eigenvalue weighted by Crippen LogP contribution is 2.23. The second-order valence-electron chi connectivity index (χ2n) is 3.62. The van der Waals surface area contributed by atoms with Crippen LogP contribution in [0.2, 0.25) is 0 Å². The number of hydrogen-bond donors (Lipinski definition) is 1. The van der Waals surface area contributed by atoms with Crippen molar-refractivity contribution in [1.82, 2.24) is 9.97 Å². The maximum Gasteiger partial charge on any atom is 0.218 e. The third-order valence-corrected chi connectivity index (χ3v) is 4.15. The number of rotatable bonds is 5. The van der Waals surface area contributed by atoms with Crippen LogP contribution in [0.3, 0.4) is 0 Å². The molecule has 6 heteroatoms. The van der Waals surface area contributed by atoms with Crippen LogP contribution in [-0.2, 0) is 6.54 Å². The van der Waals surface area contributed by atoms with Crippen LogP contribution in [0.25, 0.3) is 0 Å². The Balaban J connectivity index is 2.07. The van der Waals surface area contributed by atoms with Gasteiger partial charge < -0.3 is 10.1 Å². The minimum absolute atomic E-state index is 0.604. The van der Waals surface area contributed by atoms with Crippen LogP contribution >= 0.6 is 27.3 Å². The molecule has 0 atom stereocenters. The molecule has 0 spiro atoms. The van der Waals surface area contributed by atoms with E-state index in [0.29, 0.717) is 18.3 Å². The summed E-state index contributed by atoms with van der Waals surface area (Å²) in [7, 11) is 0. The number of nitrogens with zero attached hydrogens (tertiary/aromatic N) is 2. The summed E-state index contributed by atoms with van der Waals surface area (Å²) in [4.78, 5) is 9.78. The summed E-state index contributed by atoms with van der Waals surface area (Å²) in [6.07, 6.45) is 0. The first-order chi connectivity index (χ1) is 8.69. The maximum absolute atomic E-state index is 5.39. The Morgan fingerprint density at radius 2 is 2.28 bits per heavy atom. The lowest BCUT2D eigenvalue weighted by Gasteiger charge is -2.08. The highest BCUT2D eigenvalue weighted by atomic mass is 79.9. The predicted octanol–water partition coefficient (Wildman–Crippen LogP) is 3.62. The molecule has 0 bridgehead atoms. The van der Waals surface area contributed by atoms with E-state index < -0.39 is 0 Å². The van der Waals surface area contributed by atoms with Crippen molar-refractivity contribution in [2.45, 2.75) is 20.4 Å². The largest absolute Gasteiger partial charge is 0.478 e. The van der Waals surface area contributed by atoms with Gasteiger partial charge in [-0.1, -0.05) is 0 Å². The third-order valence-electron chi connectivity index (χ3n) is 2.23. The second-order valence-corrected chi connectivity index (χ2v) is 5.47. The maximum atomic E-state index is 5.39. The molecule has 0 unspecified atom stereocenters. The molecule has 0 aliphatic carbocycles. The Morgan fingerprint density at radius 3 is 2.94 bits per heavy atom. The van der Waals surface area contributed by atoms with E-state index in [4.69, 9.17) is 4.74 Å².